The van der Waals surface area contributed by atoms with Gasteiger partial charge < -0.3 is 10.2 Å². The van der Waals surface area contributed by atoms with E-state index in [0.29, 0.717) is 0 Å². The Morgan fingerprint density at radius 2 is 2.00 bits per heavy atom. The predicted molar refractivity (Wildman–Crippen MR) is 72.1 cm³/mol. The molecule has 0 aromatic heterocycles. The summed E-state index contributed by atoms with van der Waals surface area (Å²) in [6, 6.07) is 1.68. The molecule has 5 unspecified atom stereocenters. The van der Waals surface area contributed by atoms with Crippen molar-refractivity contribution >= 4 is 0 Å². The van der Waals surface area contributed by atoms with E-state index in [0.717, 1.165) is 23.9 Å². The van der Waals surface area contributed by atoms with Crippen LogP contribution in [-0.4, -0.2) is 36.6 Å². The summed E-state index contributed by atoms with van der Waals surface area (Å²) in [5.74, 6) is 1.97. The van der Waals surface area contributed by atoms with E-state index in [1.165, 1.54) is 64.6 Å². The molecule has 98 valence electrons. The fourth-order valence-corrected chi connectivity index (χ4v) is 4.29. The number of piperidine rings is 1. The zero-order valence-corrected chi connectivity index (χ0v) is 11.3. The highest BCUT2D eigenvalue weighted by atomic mass is 15.2. The summed E-state index contributed by atoms with van der Waals surface area (Å²) in [5.41, 5.74) is 0. The lowest BCUT2D eigenvalue weighted by Gasteiger charge is -2.37. The Labute approximate surface area is 106 Å². The summed E-state index contributed by atoms with van der Waals surface area (Å²) in [6.45, 7) is 6.45. The van der Waals surface area contributed by atoms with Gasteiger partial charge in [0.15, 0.2) is 0 Å². The van der Waals surface area contributed by atoms with Crippen molar-refractivity contribution in [2.75, 3.05) is 19.6 Å². The van der Waals surface area contributed by atoms with Crippen LogP contribution in [0.1, 0.15) is 51.9 Å². The van der Waals surface area contributed by atoms with Gasteiger partial charge >= 0.3 is 0 Å². The molecular formula is C15H28N2. The van der Waals surface area contributed by atoms with Gasteiger partial charge in [-0.2, -0.15) is 0 Å². The molecule has 2 saturated heterocycles. The smallest absolute Gasteiger partial charge is 0.0123 e. The Hall–Kier alpha value is -0.0800. The van der Waals surface area contributed by atoms with E-state index in [2.05, 4.69) is 17.1 Å². The minimum absolute atomic E-state index is 0.839. The average Bonchev–Trinajstić information content (AvgIpc) is 2.76. The van der Waals surface area contributed by atoms with Crippen molar-refractivity contribution in [1.82, 2.24) is 10.2 Å². The van der Waals surface area contributed by atoms with Crippen LogP contribution < -0.4 is 5.32 Å². The van der Waals surface area contributed by atoms with Crippen LogP contribution in [0.5, 0.6) is 0 Å². The number of rotatable bonds is 3. The maximum Gasteiger partial charge on any atom is 0.0123 e. The Bertz CT molecular complexity index is 253. The first-order valence-electron chi connectivity index (χ1n) is 7.83. The zero-order chi connectivity index (χ0) is 11.7. The van der Waals surface area contributed by atoms with Gasteiger partial charge in [-0.05, 0) is 50.6 Å². The van der Waals surface area contributed by atoms with Gasteiger partial charge in [0.2, 0.25) is 0 Å². The first-order valence-corrected chi connectivity index (χ1v) is 7.83. The molecule has 17 heavy (non-hydrogen) atoms. The molecule has 1 aliphatic carbocycles. The van der Waals surface area contributed by atoms with E-state index < -0.39 is 0 Å². The van der Waals surface area contributed by atoms with Gasteiger partial charge in [-0.3, -0.25) is 0 Å². The third kappa shape index (κ3) is 2.68. The van der Waals surface area contributed by atoms with Crippen molar-refractivity contribution in [3.8, 4) is 0 Å². The second-order valence-corrected chi connectivity index (χ2v) is 6.55. The van der Waals surface area contributed by atoms with Gasteiger partial charge in [-0.15, -0.1) is 0 Å². The molecule has 2 heteroatoms. The van der Waals surface area contributed by atoms with Crippen LogP contribution >= 0.6 is 0 Å². The standard InChI is InChI=1S/C15H28N2/c1-2-12-4-3-5-14(10-12)16-15-7-9-17-8-6-13(15)11-17/h12-16H,2-11H2,1H3. The molecule has 0 radical (unpaired) electrons. The average molecular weight is 236 g/mol. The van der Waals surface area contributed by atoms with Crippen molar-refractivity contribution < 1.29 is 0 Å². The first kappa shape index (κ1) is 12.0. The van der Waals surface area contributed by atoms with E-state index in [1.54, 1.807) is 0 Å². The number of nitrogens with one attached hydrogen (secondary N) is 1. The third-order valence-corrected chi connectivity index (χ3v) is 5.44. The van der Waals surface area contributed by atoms with Gasteiger partial charge in [0.25, 0.3) is 0 Å². The summed E-state index contributed by atoms with van der Waals surface area (Å²) in [4.78, 5) is 2.65. The van der Waals surface area contributed by atoms with Crippen molar-refractivity contribution in [2.45, 2.75) is 64.0 Å². The molecule has 0 spiro atoms. The van der Waals surface area contributed by atoms with Crippen LogP contribution in [0.4, 0.5) is 0 Å². The molecule has 3 rings (SSSR count). The van der Waals surface area contributed by atoms with Crippen LogP contribution in [0.2, 0.25) is 0 Å². The van der Waals surface area contributed by atoms with Gasteiger partial charge in [-0.25, -0.2) is 0 Å². The molecule has 0 aromatic carbocycles. The highest BCUT2D eigenvalue weighted by Crippen LogP contribution is 2.31. The van der Waals surface area contributed by atoms with Crippen LogP contribution in [0.15, 0.2) is 0 Å². The SMILES string of the molecule is CCC1CCCC(NC2CCN3CCC2C3)C1. The Balaban J connectivity index is 1.52. The molecule has 5 atom stereocenters. The molecule has 2 heterocycles. The van der Waals surface area contributed by atoms with E-state index in [4.69, 9.17) is 0 Å². The summed E-state index contributed by atoms with van der Waals surface area (Å²) < 4.78 is 0. The van der Waals surface area contributed by atoms with Crippen molar-refractivity contribution in [3.63, 3.8) is 0 Å². The van der Waals surface area contributed by atoms with Gasteiger partial charge in [0, 0.05) is 18.6 Å². The largest absolute Gasteiger partial charge is 0.311 e. The van der Waals surface area contributed by atoms with Crippen LogP contribution in [-0.2, 0) is 0 Å². The van der Waals surface area contributed by atoms with E-state index >= 15 is 0 Å². The van der Waals surface area contributed by atoms with Crippen molar-refractivity contribution in [1.29, 1.82) is 0 Å². The van der Waals surface area contributed by atoms with Gasteiger partial charge in [-0.1, -0.05) is 26.2 Å². The normalized spacial score (nSPS) is 46.1. The van der Waals surface area contributed by atoms with Crippen LogP contribution in [0.25, 0.3) is 0 Å². The topological polar surface area (TPSA) is 15.3 Å². The van der Waals surface area contributed by atoms with Crippen LogP contribution in [0, 0.1) is 11.8 Å². The molecular weight excluding hydrogens is 208 g/mol. The maximum atomic E-state index is 4.02. The monoisotopic (exact) mass is 236 g/mol. The van der Waals surface area contributed by atoms with E-state index in [-0.39, 0.29) is 0 Å². The number of hydrogen-bond acceptors (Lipinski definition) is 2. The number of hydrogen-bond donors (Lipinski definition) is 1. The van der Waals surface area contributed by atoms with Crippen molar-refractivity contribution in [3.05, 3.63) is 0 Å². The molecule has 0 amide bonds. The molecule has 2 bridgehead atoms. The molecule has 2 nitrogen and oxygen atoms in total. The lowest BCUT2D eigenvalue weighted by Crippen LogP contribution is -2.49. The lowest BCUT2D eigenvalue weighted by molar-refractivity contribution is 0.184. The Morgan fingerprint density at radius 1 is 1.12 bits per heavy atom. The highest BCUT2D eigenvalue weighted by Gasteiger charge is 2.35. The van der Waals surface area contributed by atoms with Gasteiger partial charge in [0.05, 0.1) is 0 Å². The molecule has 3 fully saturated rings. The minimum Gasteiger partial charge on any atom is -0.311 e. The number of fused-ring (bicyclic) bond motifs is 2. The quantitative estimate of drug-likeness (QED) is 0.810. The fourth-order valence-electron chi connectivity index (χ4n) is 4.29. The minimum atomic E-state index is 0.839. The van der Waals surface area contributed by atoms with E-state index in [1.807, 2.05) is 0 Å². The molecule has 2 aliphatic heterocycles. The Morgan fingerprint density at radius 3 is 2.88 bits per heavy atom. The highest BCUT2D eigenvalue weighted by molar-refractivity contribution is 4.93. The molecule has 0 aromatic rings. The summed E-state index contributed by atoms with van der Waals surface area (Å²) >= 11 is 0. The Kier molecular flexibility index (Phi) is 3.72. The van der Waals surface area contributed by atoms with E-state index in [9.17, 15) is 0 Å². The molecule has 1 saturated carbocycles. The first-order chi connectivity index (χ1) is 8.35. The third-order valence-electron chi connectivity index (χ3n) is 5.44. The molecule has 3 aliphatic rings. The second-order valence-electron chi connectivity index (χ2n) is 6.55. The number of nitrogens with zero attached hydrogens (tertiary/aromatic N) is 1. The summed E-state index contributed by atoms with van der Waals surface area (Å²) in [5, 5.41) is 4.02. The predicted octanol–water partition coefficient (Wildman–Crippen LogP) is 2.64. The molecule has 1 N–H and O–H groups in total. The second kappa shape index (κ2) is 5.27. The summed E-state index contributed by atoms with van der Waals surface area (Å²) in [6.07, 6.45) is 10.1. The summed E-state index contributed by atoms with van der Waals surface area (Å²) in [7, 11) is 0. The fraction of sp³-hybridized carbons (Fsp3) is 1.00. The van der Waals surface area contributed by atoms with Crippen LogP contribution in [0.3, 0.4) is 0 Å². The lowest BCUT2D eigenvalue weighted by atomic mass is 9.83. The van der Waals surface area contributed by atoms with Gasteiger partial charge in [0.1, 0.15) is 0 Å². The zero-order valence-electron chi connectivity index (χ0n) is 11.3. The maximum absolute atomic E-state index is 4.02. The van der Waals surface area contributed by atoms with Crippen molar-refractivity contribution in [2.24, 2.45) is 11.8 Å².